The van der Waals surface area contributed by atoms with Crippen molar-refractivity contribution < 1.29 is 0 Å². The number of nitrogens with two attached hydrogens (primary N) is 1. The lowest BCUT2D eigenvalue weighted by Crippen LogP contribution is -2.16. The van der Waals surface area contributed by atoms with Crippen molar-refractivity contribution in [1.82, 2.24) is 0 Å². The molecule has 0 atom stereocenters. The van der Waals surface area contributed by atoms with Crippen LogP contribution in [0.5, 0.6) is 0 Å². The fourth-order valence-corrected chi connectivity index (χ4v) is 1.53. The first-order valence-corrected chi connectivity index (χ1v) is 4.29. The maximum absolute atomic E-state index is 7.47. The Hall–Kier alpha value is -1.31. The molecule has 0 aliphatic carbocycles. The van der Waals surface area contributed by atoms with Crippen molar-refractivity contribution in [2.75, 3.05) is 0 Å². The Morgan fingerprint density at radius 2 is 1.46 bits per heavy atom. The van der Waals surface area contributed by atoms with Crippen LogP contribution in [0.15, 0.2) is 0 Å². The highest BCUT2D eigenvalue weighted by Crippen LogP contribution is 2.20. The molecule has 0 unspecified atom stereocenters. The highest BCUT2D eigenvalue weighted by molar-refractivity contribution is 5.98. The summed E-state index contributed by atoms with van der Waals surface area (Å²) in [6, 6.07) is 3.25. The minimum absolute atomic E-state index is 0.148. The first-order chi connectivity index (χ1) is 5.95. The summed E-state index contributed by atoms with van der Waals surface area (Å²) in [4.78, 5) is 0. The second-order valence-electron chi connectivity index (χ2n) is 3.41. The van der Waals surface area contributed by atoms with Gasteiger partial charge >= 0.3 is 0 Å². The molecule has 0 saturated heterocycles. The standard InChI is InChI=1S/C11H15N2/c1-6-5-7(2)9(4)10(8(6)3)11(12)13/h1-4H3,(H3,12,13). The topological polar surface area (TPSA) is 49.9 Å². The van der Waals surface area contributed by atoms with Crippen LogP contribution in [-0.2, 0) is 0 Å². The summed E-state index contributed by atoms with van der Waals surface area (Å²) in [7, 11) is 0. The van der Waals surface area contributed by atoms with E-state index in [0.717, 1.165) is 27.8 Å². The Kier molecular flexibility index (Phi) is 2.41. The quantitative estimate of drug-likeness (QED) is 0.498. The second-order valence-corrected chi connectivity index (χ2v) is 3.41. The van der Waals surface area contributed by atoms with Gasteiger partial charge in [0.1, 0.15) is 5.84 Å². The number of amidine groups is 1. The summed E-state index contributed by atoms with van der Waals surface area (Å²) >= 11 is 0. The van der Waals surface area contributed by atoms with E-state index in [9.17, 15) is 0 Å². The Morgan fingerprint density at radius 1 is 1.08 bits per heavy atom. The molecule has 0 amide bonds. The highest BCUT2D eigenvalue weighted by Gasteiger charge is 2.10. The molecule has 2 heteroatoms. The third-order valence-electron chi connectivity index (χ3n) is 2.52. The SMILES string of the molecule is Cc1[c]c(C)c(C)c(C(=N)N)c1C. The minimum Gasteiger partial charge on any atom is -0.384 e. The predicted molar refractivity (Wildman–Crippen MR) is 55.2 cm³/mol. The van der Waals surface area contributed by atoms with Gasteiger partial charge in [-0.3, -0.25) is 5.41 Å². The zero-order chi connectivity index (χ0) is 10.2. The highest BCUT2D eigenvalue weighted by atomic mass is 14.7. The summed E-state index contributed by atoms with van der Waals surface area (Å²) in [5, 5.41) is 7.47. The third kappa shape index (κ3) is 1.57. The molecule has 0 fully saturated rings. The number of hydrogen-bond acceptors (Lipinski definition) is 1. The molecule has 0 aliphatic heterocycles. The van der Waals surface area contributed by atoms with Crippen molar-refractivity contribution >= 4 is 5.84 Å². The average molecular weight is 175 g/mol. The van der Waals surface area contributed by atoms with Crippen LogP contribution >= 0.6 is 0 Å². The molecule has 0 bridgehead atoms. The summed E-state index contributed by atoms with van der Waals surface area (Å²) in [6.45, 7) is 7.95. The summed E-state index contributed by atoms with van der Waals surface area (Å²) in [5.41, 5.74) is 10.7. The van der Waals surface area contributed by atoms with Crippen LogP contribution in [0.25, 0.3) is 0 Å². The van der Waals surface area contributed by atoms with Crippen LogP contribution in [0.3, 0.4) is 0 Å². The van der Waals surface area contributed by atoms with Crippen molar-refractivity contribution in [2.24, 2.45) is 5.73 Å². The second kappa shape index (κ2) is 3.21. The Labute approximate surface area is 79.3 Å². The van der Waals surface area contributed by atoms with Crippen LogP contribution in [0.1, 0.15) is 27.8 Å². The van der Waals surface area contributed by atoms with E-state index in [4.69, 9.17) is 11.1 Å². The van der Waals surface area contributed by atoms with Gasteiger partial charge in [-0.25, -0.2) is 0 Å². The maximum Gasteiger partial charge on any atom is 0.123 e. The largest absolute Gasteiger partial charge is 0.384 e. The zero-order valence-corrected chi connectivity index (χ0v) is 8.58. The van der Waals surface area contributed by atoms with Crippen LogP contribution in [-0.4, -0.2) is 5.84 Å². The van der Waals surface area contributed by atoms with Crippen molar-refractivity contribution in [1.29, 1.82) is 5.41 Å². The van der Waals surface area contributed by atoms with Crippen molar-refractivity contribution in [3.63, 3.8) is 0 Å². The number of rotatable bonds is 1. The van der Waals surface area contributed by atoms with E-state index in [-0.39, 0.29) is 5.84 Å². The third-order valence-corrected chi connectivity index (χ3v) is 2.52. The van der Waals surface area contributed by atoms with Crippen LogP contribution < -0.4 is 5.73 Å². The van der Waals surface area contributed by atoms with E-state index in [1.807, 2.05) is 27.7 Å². The lowest BCUT2D eigenvalue weighted by Gasteiger charge is -2.12. The van der Waals surface area contributed by atoms with E-state index in [0.29, 0.717) is 0 Å². The van der Waals surface area contributed by atoms with Crippen LogP contribution in [0, 0.1) is 39.2 Å². The average Bonchev–Trinajstić information content (AvgIpc) is 2.01. The molecule has 0 heterocycles. The number of nitrogen functional groups attached to an aromatic ring is 1. The van der Waals surface area contributed by atoms with Crippen LogP contribution in [0.4, 0.5) is 0 Å². The Bertz CT molecular complexity index is 339. The van der Waals surface area contributed by atoms with Gasteiger partial charge in [-0.05, 0) is 56.0 Å². The van der Waals surface area contributed by atoms with E-state index >= 15 is 0 Å². The van der Waals surface area contributed by atoms with Crippen molar-refractivity contribution in [3.05, 3.63) is 33.9 Å². The molecule has 1 aromatic rings. The number of aryl methyl sites for hydroxylation is 2. The van der Waals surface area contributed by atoms with Gasteiger partial charge in [0.05, 0.1) is 0 Å². The molecular weight excluding hydrogens is 160 g/mol. The number of hydrogen-bond donors (Lipinski definition) is 2. The molecule has 0 spiro atoms. The fourth-order valence-electron chi connectivity index (χ4n) is 1.53. The molecule has 0 aromatic heterocycles. The zero-order valence-electron chi connectivity index (χ0n) is 8.58. The molecular formula is C11H15N2. The maximum atomic E-state index is 7.47. The first-order valence-electron chi connectivity index (χ1n) is 4.29. The van der Waals surface area contributed by atoms with Gasteiger partial charge in [0.2, 0.25) is 0 Å². The van der Waals surface area contributed by atoms with Crippen molar-refractivity contribution in [3.8, 4) is 0 Å². The van der Waals surface area contributed by atoms with Gasteiger partial charge < -0.3 is 5.73 Å². The predicted octanol–water partition coefficient (Wildman–Crippen LogP) is 2.00. The van der Waals surface area contributed by atoms with Gasteiger partial charge in [0.25, 0.3) is 0 Å². The molecule has 1 aromatic carbocycles. The van der Waals surface area contributed by atoms with E-state index < -0.39 is 0 Å². The Balaban J connectivity index is 3.56. The fraction of sp³-hybridized carbons (Fsp3) is 0.364. The first kappa shape index (κ1) is 9.78. The van der Waals surface area contributed by atoms with Gasteiger partial charge in [-0.2, -0.15) is 0 Å². The molecule has 1 rings (SSSR count). The summed E-state index contributed by atoms with van der Waals surface area (Å²) in [6.07, 6.45) is 0. The minimum atomic E-state index is 0.148. The normalized spacial score (nSPS) is 10.2. The molecule has 3 N–H and O–H groups in total. The summed E-state index contributed by atoms with van der Waals surface area (Å²) < 4.78 is 0. The lowest BCUT2D eigenvalue weighted by atomic mass is 9.94. The molecule has 0 aliphatic rings. The van der Waals surface area contributed by atoms with Gasteiger partial charge in [0.15, 0.2) is 0 Å². The summed E-state index contributed by atoms with van der Waals surface area (Å²) in [5.74, 6) is 0.148. The molecule has 1 radical (unpaired) electrons. The molecule has 69 valence electrons. The number of benzene rings is 1. The van der Waals surface area contributed by atoms with Gasteiger partial charge in [-0.1, -0.05) is 0 Å². The molecule has 0 saturated carbocycles. The van der Waals surface area contributed by atoms with E-state index in [2.05, 4.69) is 6.07 Å². The van der Waals surface area contributed by atoms with E-state index in [1.54, 1.807) is 0 Å². The van der Waals surface area contributed by atoms with Crippen LogP contribution in [0.2, 0.25) is 0 Å². The molecule has 13 heavy (non-hydrogen) atoms. The lowest BCUT2D eigenvalue weighted by molar-refractivity contribution is 1.20. The van der Waals surface area contributed by atoms with Gasteiger partial charge in [0, 0.05) is 5.56 Å². The van der Waals surface area contributed by atoms with Crippen molar-refractivity contribution in [2.45, 2.75) is 27.7 Å². The Morgan fingerprint density at radius 3 is 1.77 bits per heavy atom. The van der Waals surface area contributed by atoms with Gasteiger partial charge in [-0.15, -0.1) is 0 Å². The van der Waals surface area contributed by atoms with E-state index in [1.165, 1.54) is 0 Å². The molecule has 2 nitrogen and oxygen atoms in total. The number of nitrogens with one attached hydrogen (secondary N) is 1. The smallest absolute Gasteiger partial charge is 0.123 e. The monoisotopic (exact) mass is 175 g/mol.